The monoisotopic (exact) mass is 629 g/mol. The average Bonchev–Trinajstić information content (AvgIpc) is 2.96. The van der Waals surface area contributed by atoms with Gasteiger partial charge in [-0.1, -0.05) is 29.8 Å². The summed E-state index contributed by atoms with van der Waals surface area (Å²) in [5, 5.41) is 11.8. The maximum absolute atomic E-state index is 13.5. The normalized spacial score (nSPS) is 28.9. The zero-order chi connectivity index (χ0) is 30.0. The van der Waals surface area contributed by atoms with Gasteiger partial charge in [0.25, 0.3) is 5.91 Å². The van der Waals surface area contributed by atoms with Crippen molar-refractivity contribution in [3.63, 3.8) is 0 Å². The maximum Gasteiger partial charge on any atom is 0.304 e. The van der Waals surface area contributed by atoms with Gasteiger partial charge in [-0.15, -0.1) is 0 Å². The minimum Gasteiger partial charge on any atom is -0.487 e. The third kappa shape index (κ3) is 7.04. The first kappa shape index (κ1) is 30.4. The largest absolute Gasteiger partial charge is 0.487 e. The van der Waals surface area contributed by atoms with Crippen LogP contribution in [0.1, 0.15) is 60.0 Å². The standard InChI is InChI=1S/C32H40ClN3O6S/c33-26-10-7-25-21-42-31-12-9-23-18-29(31)35(14-3-1-5-22(25)17-26)19-24-8-11-28(24)30(37)6-2-4-15-36(20-27-13-16-41-27)43(39,40)34-32(23)38/h2,6-7,9-10,12,17-18,24,27-28,30,37H,1,3-5,8,11,13-16,19-21H2,(H,34,38)/b6-2+/t24-,27-,28+,30?/m0/s1. The number of ether oxygens (including phenoxy) is 2. The molecule has 1 amide bonds. The van der Waals surface area contributed by atoms with E-state index in [0.717, 1.165) is 56.3 Å². The van der Waals surface area contributed by atoms with Crippen molar-refractivity contribution in [2.24, 2.45) is 11.8 Å². The molecule has 1 saturated carbocycles. The Kier molecular flexibility index (Phi) is 9.30. The number of halogens is 1. The molecule has 3 heterocycles. The van der Waals surface area contributed by atoms with Crippen molar-refractivity contribution in [2.45, 2.75) is 63.8 Å². The van der Waals surface area contributed by atoms with E-state index in [4.69, 9.17) is 21.1 Å². The third-order valence-electron chi connectivity index (χ3n) is 9.25. The van der Waals surface area contributed by atoms with Gasteiger partial charge >= 0.3 is 10.2 Å². The Hall–Kier alpha value is -2.63. The van der Waals surface area contributed by atoms with Crippen molar-refractivity contribution in [3.8, 4) is 5.75 Å². The van der Waals surface area contributed by atoms with Gasteiger partial charge in [-0.3, -0.25) is 4.79 Å². The molecule has 2 fully saturated rings. The summed E-state index contributed by atoms with van der Waals surface area (Å²) in [4.78, 5) is 15.7. The third-order valence-corrected chi connectivity index (χ3v) is 10.9. The summed E-state index contributed by atoms with van der Waals surface area (Å²) in [7, 11) is -4.14. The van der Waals surface area contributed by atoms with E-state index in [1.54, 1.807) is 24.3 Å². The highest BCUT2D eigenvalue weighted by atomic mass is 35.5. The number of anilines is 1. The number of rotatable bonds is 2. The molecule has 1 unspecified atom stereocenters. The van der Waals surface area contributed by atoms with Crippen molar-refractivity contribution >= 4 is 33.4 Å². The van der Waals surface area contributed by atoms with E-state index in [1.807, 2.05) is 24.3 Å². The lowest BCUT2D eigenvalue weighted by Crippen LogP contribution is -2.49. The molecular weight excluding hydrogens is 590 g/mol. The van der Waals surface area contributed by atoms with E-state index in [9.17, 15) is 18.3 Å². The number of carbonyl (C=O) groups excluding carboxylic acids is 1. The number of fused-ring (bicyclic) bond motifs is 3. The molecule has 43 heavy (non-hydrogen) atoms. The first-order chi connectivity index (χ1) is 20.8. The molecule has 0 spiro atoms. The number of aryl methyl sites for hydroxylation is 1. The van der Waals surface area contributed by atoms with E-state index < -0.39 is 22.2 Å². The predicted molar refractivity (Wildman–Crippen MR) is 166 cm³/mol. The molecule has 9 nitrogen and oxygen atoms in total. The molecule has 1 aliphatic carbocycles. The summed E-state index contributed by atoms with van der Waals surface area (Å²) in [6.45, 7) is 2.75. The lowest BCUT2D eigenvalue weighted by molar-refractivity contribution is -0.0574. The minimum absolute atomic E-state index is 0.118. The molecule has 11 heteroatoms. The number of benzene rings is 2. The Labute approximate surface area is 259 Å². The fraction of sp³-hybridized carbons (Fsp3) is 0.531. The molecule has 3 aliphatic heterocycles. The molecule has 6 rings (SSSR count). The van der Waals surface area contributed by atoms with Gasteiger partial charge < -0.3 is 19.5 Å². The molecule has 4 atom stereocenters. The molecule has 0 radical (unpaired) electrons. The summed E-state index contributed by atoms with van der Waals surface area (Å²) in [6, 6.07) is 11.0. The van der Waals surface area contributed by atoms with Crippen LogP contribution in [0.5, 0.6) is 5.75 Å². The second kappa shape index (κ2) is 13.2. The fourth-order valence-electron chi connectivity index (χ4n) is 6.44. The number of carbonyl (C=O) groups is 1. The number of amides is 1. The van der Waals surface area contributed by atoms with Gasteiger partial charge in [-0.25, -0.2) is 4.72 Å². The van der Waals surface area contributed by atoms with E-state index in [2.05, 4.69) is 9.62 Å². The van der Waals surface area contributed by atoms with Crippen molar-refractivity contribution in [3.05, 3.63) is 70.3 Å². The second-order valence-corrected chi connectivity index (χ2v) is 14.2. The number of aliphatic hydroxyl groups excluding tert-OH is 1. The molecule has 2 bridgehead atoms. The molecule has 0 aromatic heterocycles. The molecule has 2 aromatic carbocycles. The van der Waals surface area contributed by atoms with Crippen molar-refractivity contribution in [2.75, 3.05) is 37.7 Å². The Morgan fingerprint density at radius 1 is 1.05 bits per heavy atom. The number of aliphatic hydroxyl groups is 1. The fourth-order valence-corrected chi connectivity index (χ4v) is 7.82. The van der Waals surface area contributed by atoms with Gasteiger partial charge in [-0.05, 0) is 98.2 Å². The van der Waals surface area contributed by atoms with Gasteiger partial charge in [0.2, 0.25) is 0 Å². The molecule has 2 N–H and O–H groups in total. The molecule has 232 valence electrons. The van der Waals surface area contributed by atoms with E-state index in [-0.39, 0.29) is 36.6 Å². The van der Waals surface area contributed by atoms with Crippen LogP contribution in [-0.4, -0.2) is 68.7 Å². The second-order valence-electron chi connectivity index (χ2n) is 12.1. The average molecular weight is 630 g/mol. The van der Waals surface area contributed by atoms with Crippen LogP contribution in [0.15, 0.2) is 48.6 Å². The van der Waals surface area contributed by atoms with Crippen molar-refractivity contribution < 1.29 is 27.8 Å². The van der Waals surface area contributed by atoms with Crippen LogP contribution in [0.3, 0.4) is 0 Å². The quantitative estimate of drug-likeness (QED) is 0.472. The van der Waals surface area contributed by atoms with Crippen LogP contribution in [0.4, 0.5) is 5.69 Å². The highest BCUT2D eigenvalue weighted by Crippen LogP contribution is 2.41. The Balaban J connectivity index is 1.35. The summed E-state index contributed by atoms with van der Waals surface area (Å²) < 4.78 is 42.3. The van der Waals surface area contributed by atoms with E-state index in [0.29, 0.717) is 37.0 Å². The minimum atomic E-state index is -4.14. The van der Waals surface area contributed by atoms with Crippen LogP contribution in [-0.2, 0) is 28.0 Å². The van der Waals surface area contributed by atoms with E-state index in [1.165, 1.54) is 9.87 Å². The highest BCUT2D eigenvalue weighted by Gasteiger charge is 2.37. The van der Waals surface area contributed by atoms with Crippen LogP contribution < -0.4 is 14.4 Å². The zero-order valence-corrected chi connectivity index (χ0v) is 25.9. The van der Waals surface area contributed by atoms with Gasteiger partial charge in [0.05, 0.1) is 17.9 Å². The number of nitrogens with one attached hydrogen (secondary N) is 1. The summed E-state index contributed by atoms with van der Waals surface area (Å²) in [5.41, 5.74) is 3.23. The van der Waals surface area contributed by atoms with Gasteiger partial charge in [-0.2, -0.15) is 12.7 Å². The highest BCUT2D eigenvalue weighted by molar-refractivity contribution is 7.87. The molecule has 2 aromatic rings. The van der Waals surface area contributed by atoms with Crippen molar-refractivity contribution in [1.29, 1.82) is 0 Å². The van der Waals surface area contributed by atoms with Crippen LogP contribution >= 0.6 is 11.6 Å². The van der Waals surface area contributed by atoms with Crippen LogP contribution in [0, 0.1) is 11.8 Å². The Bertz CT molecular complexity index is 1460. The number of hydrogen-bond donors (Lipinski definition) is 2. The summed E-state index contributed by atoms with van der Waals surface area (Å²) in [5.74, 6) is 0.346. The topological polar surface area (TPSA) is 108 Å². The number of nitrogens with zero attached hydrogens (tertiary/aromatic N) is 2. The van der Waals surface area contributed by atoms with Crippen LogP contribution in [0.25, 0.3) is 0 Å². The first-order valence-electron chi connectivity index (χ1n) is 15.3. The Morgan fingerprint density at radius 3 is 2.67 bits per heavy atom. The molecular formula is C32H40ClN3O6S. The van der Waals surface area contributed by atoms with Gasteiger partial charge in [0, 0.05) is 43.4 Å². The van der Waals surface area contributed by atoms with E-state index >= 15 is 0 Å². The molecule has 1 saturated heterocycles. The summed E-state index contributed by atoms with van der Waals surface area (Å²) >= 11 is 6.31. The van der Waals surface area contributed by atoms with Gasteiger partial charge in [0.1, 0.15) is 12.4 Å². The van der Waals surface area contributed by atoms with Crippen LogP contribution in [0.2, 0.25) is 5.02 Å². The lowest BCUT2D eigenvalue weighted by atomic mass is 9.70. The Morgan fingerprint density at radius 2 is 1.91 bits per heavy atom. The van der Waals surface area contributed by atoms with Gasteiger partial charge in [0.15, 0.2) is 0 Å². The first-order valence-corrected chi connectivity index (χ1v) is 17.2. The number of hydrogen-bond acceptors (Lipinski definition) is 7. The summed E-state index contributed by atoms with van der Waals surface area (Å²) in [6.07, 6.45) is 8.76. The lowest BCUT2D eigenvalue weighted by Gasteiger charge is -2.42. The zero-order valence-electron chi connectivity index (χ0n) is 24.3. The SMILES string of the molecule is O=C1NS(=O)(=O)N(C[C@@H]2CCO2)CC/C=C/C(O)[C@@H]2CC[C@H]2CN2CCCCc3cc(Cl)ccc3COc3ccc1cc32. The molecule has 4 aliphatic rings. The van der Waals surface area contributed by atoms with Crippen molar-refractivity contribution in [1.82, 2.24) is 9.03 Å². The maximum atomic E-state index is 13.5. The smallest absolute Gasteiger partial charge is 0.304 e. The predicted octanol–water partition coefficient (Wildman–Crippen LogP) is 4.47.